The molecule has 4 rings (SSSR count). The molecule has 0 unspecified atom stereocenters. The zero-order valence-electron chi connectivity index (χ0n) is 15.2. The molecule has 1 saturated heterocycles. The Morgan fingerprint density at radius 3 is 2.62 bits per heavy atom. The number of likely N-dealkylation sites (N-methyl/N-ethyl adjacent to an activating group) is 1. The Hall–Kier alpha value is -2.66. The molecule has 1 fully saturated rings. The molecule has 1 aromatic carbocycles. The molecule has 132 valence electrons. The third-order valence-electron chi connectivity index (χ3n) is 5.19. The van der Waals surface area contributed by atoms with Gasteiger partial charge < -0.3 is 14.8 Å². The van der Waals surface area contributed by atoms with Gasteiger partial charge in [0.15, 0.2) is 5.11 Å². The Labute approximate surface area is 159 Å². The van der Waals surface area contributed by atoms with Crippen LogP contribution in [0.3, 0.4) is 0 Å². The normalized spacial score (nSPS) is 19.7. The fraction of sp³-hybridized carbons (Fsp3) is 0.238. The lowest BCUT2D eigenvalue weighted by Crippen LogP contribution is -2.25. The summed E-state index contributed by atoms with van der Waals surface area (Å²) < 4.78 is 2.25. The molecule has 1 N–H and O–H groups in total. The summed E-state index contributed by atoms with van der Waals surface area (Å²) in [5.74, 6) is 0. The van der Waals surface area contributed by atoms with E-state index in [2.05, 4.69) is 76.2 Å². The fourth-order valence-corrected chi connectivity index (χ4v) is 3.81. The number of hydrogen-bond acceptors (Lipinski definition) is 2. The first-order valence-electron chi connectivity index (χ1n) is 8.75. The summed E-state index contributed by atoms with van der Waals surface area (Å²) in [6.45, 7) is 4.29. The fourth-order valence-electron chi connectivity index (χ4n) is 3.57. The number of aromatic nitrogens is 2. The van der Waals surface area contributed by atoms with Crippen molar-refractivity contribution in [1.82, 2.24) is 19.8 Å². The predicted molar refractivity (Wildman–Crippen MR) is 108 cm³/mol. The van der Waals surface area contributed by atoms with Crippen molar-refractivity contribution in [1.29, 1.82) is 0 Å². The molecule has 3 heterocycles. The lowest BCUT2D eigenvalue weighted by Gasteiger charge is -2.26. The summed E-state index contributed by atoms with van der Waals surface area (Å²) in [6.07, 6.45) is 3.95. The predicted octanol–water partition coefficient (Wildman–Crippen LogP) is 4.09. The summed E-state index contributed by atoms with van der Waals surface area (Å²) in [5, 5.41) is 4.19. The average molecular weight is 363 g/mol. The van der Waals surface area contributed by atoms with Crippen LogP contribution in [-0.4, -0.2) is 26.6 Å². The zero-order chi connectivity index (χ0) is 18.3. The third kappa shape index (κ3) is 2.78. The quantitative estimate of drug-likeness (QED) is 0.712. The number of nitrogens with zero attached hydrogens (tertiary/aromatic N) is 3. The van der Waals surface area contributed by atoms with Crippen molar-refractivity contribution in [2.45, 2.75) is 25.9 Å². The van der Waals surface area contributed by atoms with Gasteiger partial charge in [0.05, 0.1) is 17.8 Å². The van der Waals surface area contributed by atoms with Crippen LogP contribution in [0.1, 0.15) is 34.6 Å². The molecule has 1 aliphatic rings. The molecule has 0 spiro atoms. The summed E-state index contributed by atoms with van der Waals surface area (Å²) >= 11 is 5.55. The van der Waals surface area contributed by atoms with E-state index >= 15 is 0 Å². The van der Waals surface area contributed by atoms with Crippen LogP contribution >= 0.6 is 12.2 Å². The number of nitrogens with one attached hydrogen (secondary N) is 1. The standard InChI is InChI=1S/C21H22N4S/c1-14-9-10-16(13-15(14)2)25-12-6-8-18(25)20-19(23-21(26)24(20)3)17-7-4-5-11-22-17/h4-13,19-20H,1-3H3,(H,23,26)/t19-,20-/m1/s1. The van der Waals surface area contributed by atoms with E-state index < -0.39 is 0 Å². The van der Waals surface area contributed by atoms with Crippen LogP contribution in [0.25, 0.3) is 5.69 Å². The number of hydrogen-bond donors (Lipinski definition) is 1. The van der Waals surface area contributed by atoms with Gasteiger partial charge in [-0.2, -0.15) is 0 Å². The third-order valence-corrected chi connectivity index (χ3v) is 5.60. The Kier molecular flexibility index (Phi) is 4.24. The second-order valence-corrected chi connectivity index (χ2v) is 7.20. The molecule has 0 bridgehead atoms. The Morgan fingerprint density at radius 2 is 1.88 bits per heavy atom. The van der Waals surface area contributed by atoms with Crippen LogP contribution in [0.4, 0.5) is 0 Å². The first kappa shape index (κ1) is 16.8. The van der Waals surface area contributed by atoms with Gasteiger partial charge >= 0.3 is 0 Å². The number of benzene rings is 1. The highest BCUT2D eigenvalue weighted by Gasteiger charge is 2.39. The van der Waals surface area contributed by atoms with Gasteiger partial charge in [0.2, 0.25) is 0 Å². The maximum Gasteiger partial charge on any atom is 0.169 e. The summed E-state index contributed by atoms with van der Waals surface area (Å²) in [4.78, 5) is 6.69. The SMILES string of the molecule is Cc1ccc(-n2cccc2[C@@H]2[C@@H](c3ccccn3)NC(=S)N2C)cc1C. The van der Waals surface area contributed by atoms with Crippen molar-refractivity contribution in [2.24, 2.45) is 0 Å². The van der Waals surface area contributed by atoms with E-state index in [-0.39, 0.29) is 12.1 Å². The minimum atomic E-state index is 0.0221. The smallest absolute Gasteiger partial charge is 0.169 e. The molecular formula is C21H22N4S. The summed E-state index contributed by atoms with van der Waals surface area (Å²) in [7, 11) is 2.04. The van der Waals surface area contributed by atoms with Crippen LogP contribution < -0.4 is 5.32 Å². The van der Waals surface area contributed by atoms with Crippen molar-refractivity contribution in [3.63, 3.8) is 0 Å². The molecule has 3 aromatic rings. The summed E-state index contributed by atoms with van der Waals surface area (Å²) in [5.41, 5.74) is 5.95. The van der Waals surface area contributed by atoms with Crippen molar-refractivity contribution in [2.75, 3.05) is 7.05 Å². The molecule has 4 nitrogen and oxygen atoms in total. The Balaban J connectivity index is 1.80. The minimum absolute atomic E-state index is 0.0221. The second-order valence-electron chi connectivity index (χ2n) is 6.81. The monoisotopic (exact) mass is 362 g/mol. The maximum atomic E-state index is 5.55. The molecular weight excluding hydrogens is 340 g/mol. The average Bonchev–Trinajstić information content (AvgIpc) is 3.23. The molecule has 2 aromatic heterocycles. The van der Waals surface area contributed by atoms with Gasteiger partial charge in [-0.25, -0.2) is 0 Å². The van der Waals surface area contributed by atoms with Crippen LogP contribution in [0, 0.1) is 13.8 Å². The van der Waals surface area contributed by atoms with E-state index in [1.165, 1.54) is 22.5 Å². The first-order chi connectivity index (χ1) is 12.6. The number of pyridine rings is 1. The first-order valence-corrected chi connectivity index (χ1v) is 9.16. The number of rotatable bonds is 3. The molecule has 0 saturated carbocycles. The van der Waals surface area contributed by atoms with Crippen LogP contribution in [0.15, 0.2) is 60.9 Å². The maximum absolute atomic E-state index is 5.55. The topological polar surface area (TPSA) is 33.1 Å². The van der Waals surface area contributed by atoms with Crippen molar-refractivity contribution in [3.05, 3.63) is 83.4 Å². The van der Waals surface area contributed by atoms with Crippen molar-refractivity contribution in [3.8, 4) is 5.69 Å². The molecule has 26 heavy (non-hydrogen) atoms. The molecule has 0 radical (unpaired) electrons. The largest absolute Gasteiger partial charge is 0.352 e. The van der Waals surface area contributed by atoms with Crippen LogP contribution in [0.5, 0.6) is 0 Å². The van der Waals surface area contributed by atoms with Gasteiger partial charge in [-0.3, -0.25) is 4.98 Å². The van der Waals surface area contributed by atoms with E-state index in [0.717, 1.165) is 10.8 Å². The van der Waals surface area contributed by atoms with E-state index in [4.69, 9.17) is 12.2 Å². The van der Waals surface area contributed by atoms with Gasteiger partial charge in [-0.15, -0.1) is 0 Å². The van der Waals surface area contributed by atoms with E-state index in [9.17, 15) is 0 Å². The van der Waals surface area contributed by atoms with Crippen molar-refractivity contribution >= 4 is 17.3 Å². The highest BCUT2D eigenvalue weighted by atomic mass is 32.1. The van der Waals surface area contributed by atoms with Gasteiger partial charge in [0.25, 0.3) is 0 Å². The van der Waals surface area contributed by atoms with Crippen LogP contribution in [-0.2, 0) is 0 Å². The van der Waals surface area contributed by atoms with Gasteiger partial charge in [0, 0.05) is 30.8 Å². The molecule has 5 heteroatoms. The second kappa shape index (κ2) is 6.57. The Bertz CT molecular complexity index is 948. The molecule has 0 amide bonds. The van der Waals surface area contributed by atoms with E-state index in [0.29, 0.717) is 0 Å². The number of thiocarbonyl (C=S) groups is 1. The zero-order valence-corrected chi connectivity index (χ0v) is 16.0. The molecule has 0 aliphatic carbocycles. The molecule has 1 aliphatic heterocycles. The van der Waals surface area contributed by atoms with Gasteiger partial charge in [-0.05, 0) is 73.6 Å². The van der Waals surface area contributed by atoms with E-state index in [1.54, 1.807) is 0 Å². The number of aryl methyl sites for hydroxylation is 2. The van der Waals surface area contributed by atoms with Gasteiger partial charge in [0.1, 0.15) is 0 Å². The minimum Gasteiger partial charge on any atom is -0.352 e. The lowest BCUT2D eigenvalue weighted by molar-refractivity contribution is 0.357. The van der Waals surface area contributed by atoms with Crippen LogP contribution in [0.2, 0.25) is 0 Å². The Morgan fingerprint density at radius 1 is 1.04 bits per heavy atom. The van der Waals surface area contributed by atoms with Crippen molar-refractivity contribution < 1.29 is 0 Å². The summed E-state index contributed by atoms with van der Waals surface area (Å²) in [6, 6.07) is 16.9. The van der Waals surface area contributed by atoms with E-state index in [1.807, 2.05) is 25.4 Å². The molecule has 2 atom stereocenters. The lowest BCUT2D eigenvalue weighted by atomic mass is 10.0. The highest BCUT2D eigenvalue weighted by Crippen LogP contribution is 2.38. The highest BCUT2D eigenvalue weighted by molar-refractivity contribution is 7.80. The van der Waals surface area contributed by atoms with Gasteiger partial charge in [-0.1, -0.05) is 12.1 Å².